The SMILES string of the molecule is CCc1cc2c(N3CCC(C)C(O)C3)nc(NN)nc2s1. The van der Waals surface area contributed by atoms with Gasteiger partial charge >= 0.3 is 0 Å². The first-order chi connectivity index (χ1) is 10.1. The number of hydrogen-bond acceptors (Lipinski definition) is 7. The second kappa shape index (κ2) is 5.75. The number of aryl methyl sites for hydroxylation is 1. The Morgan fingerprint density at radius 1 is 1.52 bits per heavy atom. The van der Waals surface area contributed by atoms with Crippen molar-refractivity contribution in [2.45, 2.75) is 32.8 Å². The summed E-state index contributed by atoms with van der Waals surface area (Å²) in [6.07, 6.45) is 1.62. The van der Waals surface area contributed by atoms with Gasteiger partial charge in [0.15, 0.2) is 0 Å². The van der Waals surface area contributed by atoms with Gasteiger partial charge in [-0.2, -0.15) is 4.98 Å². The number of aliphatic hydroxyl groups is 1. The van der Waals surface area contributed by atoms with E-state index in [0.717, 1.165) is 35.4 Å². The van der Waals surface area contributed by atoms with Crippen LogP contribution in [0.2, 0.25) is 0 Å². The Labute approximate surface area is 128 Å². The van der Waals surface area contributed by atoms with Gasteiger partial charge in [0.25, 0.3) is 0 Å². The first-order valence-electron chi connectivity index (χ1n) is 7.32. The van der Waals surface area contributed by atoms with E-state index in [-0.39, 0.29) is 6.10 Å². The number of rotatable bonds is 3. The number of nitrogens with one attached hydrogen (secondary N) is 1. The number of fused-ring (bicyclic) bond motifs is 1. The Kier molecular flexibility index (Phi) is 3.97. The summed E-state index contributed by atoms with van der Waals surface area (Å²) in [6.45, 7) is 5.72. The zero-order chi connectivity index (χ0) is 15.0. The molecule has 1 aliphatic heterocycles. The Morgan fingerprint density at radius 2 is 2.33 bits per heavy atom. The third-order valence-electron chi connectivity index (χ3n) is 4.12. The molecule has 6 nitrogen and oxygen atoms in total. The van der Waals surface area contributed by atoms with Crippen molar-refractivity contribution in [3.8, 4) is 0 Å². The van der Waals surface area contributed by atoms with E-state index in [1.54, 1.807) is 11.3 Å². The molecule has 21 heavy (non-hydrogen) atoms. The van der Waals surface area contributed by atoms with Crippen LogP contribution in [-0.2, 0) is 6.42 Å². The number of nitrogen functional groups attached to an aromatic ring is 1. The molecule has 2 unspecified atom stereocenters. The van der Waals surface area contributed by atoms with Crippen LogP contribution < -0.4 is 16.2 Å². The van der Waals surface area contributed by atoms with Crippen LogP contribution in [0.1, 0.15) is 25.1 Å². The van der Waals surface area contributed by atoms with E-state index in [0.29, 0.717) is 18.4 Å². The highest BCUT2D eigenvalue weighted by Gasteiger charge is 2.27. The molecule has 4 N–H and O–H groups in total. The van der Waals surface area contributed by atoms with Gasteiger partial charge in [-0.05, 0) is 24.8 Å². The number of aromatic nitrogens is 2. The van der Waals surface area contributed by atoms with Crippen molar-refractivity contribution in [3.63, 3.8) is 0 Å². The van der Waals surface area contributed by atoms with E-state index in [9.17, 15) is 5.11 Å². The topological polar surface area (TPSA) is 87.3 Å². The highest BCUT2D eigenvalue weighted by Crippen LogP contribution is 2.34. The summed E-state index contributed by atoms with van der Waals surface area (Å²) in [5.41, 5.74) is 2.54. The number of anilines is 2. The summed E-state index contributed by atoms with van der Waals surface area (Å²) >= 11 is 1.67. The molecule has 2 atom stereocenters. The molecule has 1 aliphatic rings. The molecule has 7 heteroatoms. The van der Waals surface area contributed by atoms with Crippen molar-refractivity contribution < 1.29 is 5.11 Å². The van der Waals surface area contributed by atoms with E-state index in [4.69, 9.17) is 5.84 Å². The lowest BCUT2D eigenvalue weighted by atomic mass is 9.96. The third-order valence-corrected chi connectivity index (χ3v) is 5.29. The molecule has 0 aliphatic carbocycles. The van der Waals surface area contributed by atoms with Crippen LogP contribution in [0.3, 0.4) is 0 Å². The van der Waals surface area contributed by atoms with Crippen molar-refractivity contribution in [2.24, 2.45) is 11.8 Å². The van der Waals surface area contributed by atoms with E-state index < -0.39 is 0 Å². The minimum absolute atomic E-state index is 0.317. The summed E-state index contributed by atoms with van der Waals surface area (Å²) in [7, 11) is 0. The number of hydrazine groups is 1. The second-order valence-electron chi connectivity index (χ2n) is 5.58. The maximum atomic E-state index is 10.1. The van der Waals surface area contributed by atoms with Crippen molar-refractivity contribution in [1.29, 1.82) is 0 Å². The summed E-state index contributed by atoms with van der Waals surface area (Å²) < 4.78 is 0. The molecule has 0 radical (unpaired) electrons. The number of aliphatic hydroxyl groups excluding tert-OH is 1. The number of nitrogens with zero attached hydrogens (tertiary/aromatic N) is 3. The van der Waals surface area contributed by atoms with Crippen LogP contribution in [0.15, 0.2) is 6.07 Å². The third kappa shape index (κ3) is 2.68. The smallest absolute Gasteiger partial charge is 0.240 e. The highest BCUT2D eigenvalue weighted by molar-refractivity contribution is 7.18. The summed E-state index contributed by atoms with van der Waals surface area (Å²) in [6, 6.07) is 2.15. The molecular weight excluding hydrogens is 286 g/mol. The van der Waals surface area contributed by atoms with Gasteiger partial charge in [0.1, 0.15) is 10.6 Å². The molecule has 0 saturated carbocycles. The molecule has 0 amide bonds. The van der Waals surface area contributed by atoms with Crippen LogP contribution in [0.25, 0.3) is 10.2 Å². The number of β-amino-alcohol motifs (C(OH)–C–C–N with tert-alkyl or cyclic N) is 1. The van der Waals surface area contributed by atoms with Gasteiger partial charge in [-0.3, -0.25) is 5.43 Å². The molecule has 3 rings (SSSR count). The van der Waals surface area contributed by atoms with E-state index in [1.165, 1.54) is 4.88 Å². The van der Waals surface area contributed by atoms with Crippen LogP contribution in [0.5, 0.6) is 0 Å². The van der Waals surface area contributed by atoms with Gasteiger partial charge in [0, 0.05) is 18.0 Å². The predicted octanol–water partition coefficient (Wildman–Crippen LogP) is 1.75. The average molecular weight is 307 g/mol. The first kappa shape index (κ1) is 14.5. The lowest BCUT2D eigenvalue weighted by Crippen LogP contribution is -2.43. The average Bonchev–Trinajstić information content (AvgIpc) is 2.92. The Morgan fingerprint density at radius 3 is 3.00 bits per heavy atom. The van der Waals surface area contributed by atoms with E-state index >= 15 is 0 Å². The van der Waals surface area contributed by atoms with Gasteiger partial charge in [0.05, 0.1) is 11.5 Å². The summed E-state index contributed by atoms with van der Waals surface area (Å²) in [5.74, 6) is 7.12. The number of thiophene rings is 1. The fourth-order valence-electron chi connectivity index (χ4n) is 2.68. The highest BCUT2D eigenvalue weighted by atomic mass is 32.1. The standard InChI is InChI=1S/C14H21N5OS/c1-3-9-6-10-12(16-14(18-15)17-13(10)21-9)19-5-4-8(2)11(20)7-19/h6,8,11,20H,3-5,7,15H2,1-2H3,(H,16,17,18). The maximum Gasteiger partial charge on any atom is 0.240 e. The molecule has 1 saturated heterocycles. The van der Waals surface area contributed by atoms with E-state index in [1.807, 2.05) is 0 Å². The minimum atomic E-state index is -0.317. The zero-order valence-electron chi connectivity index (χ0n) is 12.3. The minimum Gasteiger partial charge on any atom is -0.391 e. The predicted molar refractivity (Wildman–Crippen MR) is 86.6 cm³/mol. The Bertz CT molecular complexity index is 644. The first-order valence-corrected chi connectivity index (χ1v) is 8.14. The van der Waals surface area contributed by atoms with Crippen LogP contribution in [0.4, 0.5) is 11.8 Å². The quantitative estimate of drug-likeness (QED) is 0.591. The Hall–Kier alpha value is -1.44. The Balaban J connectivity index is 2.05. The monoisotopic (exact) mass is 307 g/mol. The van der Waals surface area contributed by atoms with E-state index in [2.05, 4.69) is 40.2 Å². The van der Waals surface area contributed by atoms with Crippen molar-refractivity contribution in [3.05, 3.63) is 10.9 Å². The van der Waals surface area contributed by atoms with Crippen molar-refractivity contribution in [1.82, 2.24) is 9.97 Å². The van der Waals surface area contributed by atoms with Crippen LogP contribution in [-0.4, -0.2) is 34.3 Å². The van der Waals surface area contributed by atoms with Crippen LogP contribution in [0, 0.1) is 5.92 Å². The molecule has 114 valence electrons. The molecule has 0 spiro atoms. The van der Waals surface area contributed by atoms with Gasteiger partial charge in [-0.25, -0.2) is 10.8 Å². The molecule has 2 aromatic rings. The normalized spacial score (nSPS) is 22.8. The number of piperidine rings is 1. The lowest BCUT2D eigenvalue weighted by molar-refractivity contribution is 0.103. The fourth-order valence-corrected chi connectivity index (χ4v) is 3.64. The fraction of sp³-hybridized carbons (Fsp3) is 0.571. The molecule has 0 bridgehead atoms. The largest absolute Gasteiger partial charge is 0.391 e. The van der Waals surface area contributed by atoms with Gasteiger partial charge in [-0.15, -0.1) is 11.3 Å². The van der Waals surface area contributed by atoms with Crippen molar-refractivity contribution in [2.75, 3.05) is 23.4 Å². The van der Waals surface area contributed by atoms with Gasteiger partial charge in [0.2, 0.25) is 5.95 Å². The number of hydrogen-bond donors (Lipinski definition) is 3. The zero-order valence-corrected chi connectivity index (χ0v) is 13.2. The second-order valence-corrected chi connectivity index (χ2v) is 6.69. The van der Waals surface area contributed by atoms with Crippen molar-refractivity contribution >= 4 is 33.3 Å². The molecule has 0 aromatic carbocycles. The number of nitrogens with two attached hydrogens (primary N) is 1. The summed E-state index contributed by atoms with van der Waals surface area (Å²) in [4.78, 5) is 13.3. The van der Waals surface area contributed by atoms with Crippen LogP contribution >= 0.6 is 11.3 Å². The van der Waals surface area contributed by atoms with Gasteiger partial charge in [-0.1, -0.05) is 13.8 Å². The van der Waals surface area contributed by atoms with Gasteiger partial charge < -0.3 is 10.0 Å². The molecule has 2 aromatic heterocycles. The molecule has 3 heterocycles. The molecular formula is C14H21N5OS. The lowest BCUT2D eigenvalue weighted by Gasteiger charge is -2.35. The molecule has 1 fully saturated rings. The maximum absolute atomic E-state index is 10.1. The summed E-state index contributed by atoms with van der Waals surface area (Å²) in [5, 5.41) is 11.2.